The zero-order valence-corrected chi connectivity index (χ0v) is 6.68. The average molecular weight is 144 g/mol. The second kappa shape index (κ2) is 3.56. The lowest BCUT2D eigenvalue weighted by atomic mass is 9.96. The van der Waals surface area contributed by atoms with Gasteiger partial charge in [0.15, 0.2) is 0 Å². The maximum absolute atomic E-state index is 10.6. The maximum Gasteiger partial charge on any atom is 0.237 e. The van der Waals surface area contributed by atoms with E-state index in [9.17, 15) is 4.79 Å². The summed E-state index contributed by atoms with van der Waals surface area (Å²) in [6.45, 7) is 3.72. The molecule has 0 saturated heterocycles. The molecule has 10 heavy (non-hydrogen) atoms. The molecule has 60 valence electrons. The van der Waals surface area contributed by atoms with Gasteiger partial charge in [-0.25, -0.2) is 0 Å². The highest BCUT2D eigenvalue weighted by Crippen LogP contribution is 2.08. The molecular formula is C7H16N2O. The molecule has 0 aromatic rings. The molecule has 0 rings (SSSR count). The maximum atomic E-state index is 10.6. The second-order valence-corrected chi connectivity index (χ2v) is 2.89. The fraction of sp³-hybridized carbons (Fsp3) is 0.857. The van der Waals surface area contributed by atoms with Gasteiger partial charge in [0.1, 0.15) is 0 Å². The fourth-order valence-corrected chi connectivity index (χ4v) is 0.667. The molecule has 0 bridgehead atoms. The van der Waals surface area contributed by atoms with Crippen molar-refractivity contribution in [2.75, 3.05) is 0 Å². The minimum atomic E-state index is -0.810. The Hall–Kier alpha value is -0.570. The number of carbonyl (C=O) groups is 1. The summed E-state index contributed by atoms with van der Waals surface area (Å²) in [6.07, 6.45) is 2.68. The average Bonchev–Trinajstić information content (AvgIpc) is 1.84. The SMILES string of the molecule is CCCCC(C)(N)C(N)=O. The third-order valence-corrected chi connectivity index (χ3v) is 1.61. The highest BCUT2D eigenvalue weighted by atomic mass is 16.1. The van der Waals surface area contributed by atoms with Crippen molar-refractivity contribution in [2.24, 2.45) is 11.5 Å². The van der Waals surface area contributed by atoms with Crippen molar-refractivity contribution < 1.29 is 4.79 Å². The Kier molecular flexibility index (Phi) is 3.36. The van der Waals surface area contributed by atoms with Gasteiger partial charge < -0.3 is 11.5 Å². The molecule has 3 heteroatoms. The van der Waals surface area contributed by atoms with Crippen LogP contribution in [0, 0.1) is 0 Å². The Morgan fingerprint density at radius 2 is 2.10 bits per heavy atom. The molecule has 3 nitrogen and oxygen atoms in total. The van der Waals surface area contributed by atoms with Crippen molar-refractivity contribution in [2.45, 2.75) is 38.6 Å². The van der Waals surface area contributed by atoms with Gasteiger partial charge in [-0.15, -0.1) is 0 Å². The van der Waals surface area contributed by atoms with Gasteiger partial charge in [0.05, 0.1) is 5.54 Å². The van der Waals surface area contributed by atoms with E-state index in [1.54, 1.807) is 6.92 Å². The van der Waals surface area contributed by atoms with Gasteiger partial charge in [0, 0.05) is 0 Å². The fourth-order valence-electron chi connectivity index (χ4n) is 0.667. The van der Waals surface area contributed by atoms with Crippen LogP contribution in [0.4, 0.5) is 0 Å². The summed E-state index contributed by atoms with van der Waals surface area (Å²) in [7, 11) is 0. The first-order chi connectivity index (χ1) is 4.50. The minimum Gasteiger partial charge on any atom is -0.368 e. The zero-order valence-electron chi connectivity index (χ0n) is 6.68. The first-order valence-electron chi connectivity index (χ1n) is 3.59. The van der Waals surface area contributed by atoms with Crippen LogP contribution in [0.5, 0.6) is 0 Å². The molecular weight excluding hydrogens is 128 g/mol. The predicted molar refractivity (Wildman–Crippen MR) is 41.3 cm³/mol. The topological polar surface area (TPSA) is 69.1 Å². The summed E-state index contributed by atoms with van der Waals surface area (Å²) in [5, 5.41) is 0. The van der Waals surface area contributed by atoms with E-state index in [4.69, 9.17) is 11.5 Å². The van der Waals surface area contributed by atoms with Crippen molar-refractivity contribution in [3.8, 4) is 0 Å². The highest BCUT2D eigenvalue weighted by Gasteiger charge is 2.23. The molecule has 0 aliphatic carbocycles. The number of nitrogens with two attached hydrogens (primary N) is 2. The third kappa shape index (κ3) is 2.82. The van der Waals surface area contributed by atoms with E-state index in [1.807, 2.05) is 0 Å². The Morgan fingerprint density at radius 3 is 2.40 bits per heavy atom. The molecule has 1 atom stereocenters. The van der Waals surface area contributed by atoms with Crippen LogP contribution >= 0.6 is 0 Å². The minimum absolute atomic E-state index is 0.416. The molecule has 0 aromatic carbocycles. The lowest BCUT2D eigenvalue weighted by Crippen LogP contribution is -2.49. The number of hydrogen-bond acceptors (Lipinski definition) is 2. The van der Waals surface area contributed by atoms with Crippen LogP contribution in [0.25, 0.3) is 0 Å². The monoisotopic (exact) mass is 144 g/mol. The van der Waals surface area contributed by atoms with Gasteiger partial charge in [0.25, 0.3) is 0 Å². The normalized spacial score (nSPS) is 16.3. The summed E-state index contributed by atoms with van der Waals surface area (Å²) >= 11 is 0. The Bertz CT molecular complexity index is 121. The lowest BCUT2D eigenvalue weighted by molar-refractivity contribution is -0.122. The van der Waals surface area contributed by atoms with Gasteiger partial charge in [-0.3, -0.25) is 4.79 Å². The Morgan fingerprint density at radius 1 is 1.60 bits per heavy atom. The Balaban J connectivity index is 3.75. The molecule has 1 unspecified atom stereocenters. The van der Waals surface area contributed by atoms with Crippen LogP contribution in [0.1, 0.15) is 33.1 Å². The summed E-state index contributed by atoms with van der Waals surface area (Å²) < 4.78 is 0. The van der Waals surface area contributed by atoms with E-state index < -0.39 is 11.4 Å². The third-order valence-electron chi connectivity index (χ3n) is 1.61. The van der Waals surface area contributed by atoms with Crippen molar-refractivity contribution in [3.63, 3.8) is 0 Å². The molecule has 0 heterocycles. The molecule has 4 N–H and O–H groups in total. The number of hydrogen-bond donors (Lipinski definition) is 2. The van der Waals surface area contributed by atoms with E-state index in [-0.39, 0.29) is 0 Å². The van der Waals surface area contributed by atoms with Crippen LogP contribution in [-0.4, -0.2) is 11.4 Å². The van der Waals surface area contributed by atoms with Gasteiger partial charge in [-0.05, 0) is 13.3 Å². The highest BCUT2D eigenvalue weighted by molar-refractivity contribution is 5.83. The van der Waals surface area contributed by atoms with E-state index >= 15 is 0 Å². The summed E-state index contributed by atoms with van der Waals surface area (Å²) in [5.74, 6) is -0.416. The molecule has 0 saturated carbocycles. The van der Waals surface area contributed by atoms with Crippen LogP contribution in [-0.2, 0) is 4.79 Å². The number of rotatable bonds is 4. The largest absolute Gasteiger partial charge is 0.368 e. The van der Waals surface area contributed by atoms with Crippen molar-refractivity contribution in [1.82, 2.24) is 0 Å². The van der Waals surface area contributed by atoms with Crippen molar-refractivity contribution >= 4 is 5.91 Å². The van der Waals surface area contributed by atoms with E-state index in [0.29, 0.717) is 6.42 Å². The molecule has 0 aliphatic heterocycles. The molecule has 0 aromatic heterocycles. The van der Waals surface area contributed by atoms with Crippen LogP contribution < -0.4 is 11.5 Å². The molecule has 0 fully saturated rings. The zero-order chi connectivity index (χ0) is 8.20. The van der Waals surface area contributed by atoms with Crippen LogP contribution in [0.2, 0.25) is 0 Å². The second-order valence-electron chi connectivity index (χ2n) is 2.89. The van der Waals surface area contributed by atoms with E-state index in [2.05, 4.69) is 6.92 Å². The smallest absolute Gasteiger partial charge is 0.237 e. The molecule has 0 aliphatic rings. The molecule has 0 spiro atoms. The van der Waals surface area contributed by atoms with Gasteiger partial charge in [0.2, 0.25) is 5.91 Å². The number of carbonyl (C=O) groups excluding carboxylic acids is 1. The van der Waals surface area contributed by atoms with Crippen LogP contribution in [0.15, 0.2) is 0 Å². The molecule has 1 amide bonds. The number of amides is 1. The summed E-state index contributed by atoms with van der Waals surface area (Å²) in [5.41, 5.74) is 9.81. The first kappa shape index (κ1) is 9.43. The Labute approximate surface area is 61.8 Å². The van der Waals surface area contributed by atoms with E-state index in [0.717, 1.165) is 12.8 Å². The predicted octanol–water partition coefficient (Wildman–Crippen LogP) is 0.379. The summed E-state index contributed by atoms with van der Waals surface area (Å²) in [6, 6.07) is 0. The van der Waals surface area contributed by atoms with Crippen molar-refractivity contribution in [3.05, 3.63) is 0 Å². The quantitative estimate of drug-likeness (QED) is 0.599. The van der Waals surface area contributed by atoms with Gasteiger partial charge >= 0.3 is 0 Å². The first-order valence-corrected chi connectivity index (χ1v) is 3.59. The van der Waals surface area contributed by atoms with Gasteiger partial charge in [-0.2, -0.15) is 0 Å². The van der Waals surface area contributed by atoms with Gasteiger partial charge in [-0.1, -0.05) is 19.8 Å². The summed E-state index contributed by atoms with van der Waals surface area (Å²) in [4.78, 5) is 10.6. The standard InChI is InChI=1S/C7H16N2O/c1-3-4-5-7(2,9)6(8)10/h3-5,9H2,1-2H3,(H2,8,10). The number of unbranched alkanes of at least 4 members (excludes halogenated alkanes) is 1. The van der Waals surface area contributed by atoms with Crippen LogP contribution in [0.3, 0.4) is 0 Å². The molecule has 0 radical (unpaired) electrons. The lowest BCUT2D eigenvalue weighted by Gasteiger charge is -2.19. The van der Waals surface area contributed by atoms with E-state index in [1.165, 1.54) is 0 Å². The number of primary amides is 1. The van der Waals surface area contributed by atoms with Crippen molar-refractivity contribution in [1.29, 1.82) is 0 Å².